The second-order valence-electron chi connectivity index (χ2n) is 6.79. The van der Waals surface area contributed by atoms with Crippen molar-refractivity contribution in [3.63, 3.8) is 0 Å². The Bertz CT molecular complexity index is 246. The maximum absolute atomic E-state index is 6.27. The zero-order valence-electron chi connectivity index (χ0n) is 12.5. The van der Waals surface area contributed by atoms with Crippen LogP contribution in [0.25, 0.3) is 0 Å². The van der Waals surface area contributed by atoms with Gasteiger partial charge in [-0.3, -0.25) is 0 Å². The Balaban J connectivity index is 5.18. The van der Waals surface area contributed by atoms with Crippen LogP contribution in [-0.4, -0.2) is 40.7 Å². The molecule has 0 heterocycles. The van der Waals surface area contributed by atoms with Gasteiger partial charge in [0.15, 0.2) is 0 Å². The van der Waals surface area contributed by atoms with Gasteiger partial charge in [0.25, 0.3) is 0 Å². The van der Waals surface area contributed by atoms with Gasteiger partial charge in [0.05, 0.1) is 0 Å². The van der Waals surface area contributed by atoms with Crippen LogP contribution >= 0.6 is 0 Å². The molecule has 0 spiro atoms. The Morgan fingerprint density at radius 1 is 1.06 bits per heavy atom. The van der Waals surface area contributed by atoms with Crippen molar-refractivity contribution >= 4 is 27.6 Å². The van der Waals surface area contributed by atoms with Crippen molar-refractivity contribution in [2.24, 2.45) is 15.8 Å². The summed E-state index contributed by atoms with van der Waals surface area (Å²) in [5, 5.41) is 0. The molecule has 1 unspecified atom stereocenters. The molecule has 0 rings (SSSR count). The van der Waals surface area contributed by atoms with E-state index in [0.717, 1.165) is 0 Å². The molecule has 0 aromatic heterocycles. The minimum absolute atomic E-state index is 0.0907. The molecular formula is C13H28InNO. The summed E-state index contributed by atoms with van der Waals surface area (Å²) in [6, 6.07) is 0. The maximum atomic E-state index is 6.27. The van der Waals surface area contributed by atoms with E-state index in [1.807, 2.05) is 7.05 Å². The predicted octanol–water partition coefficient (Wildman–Crippen LogP) is 3.79. The van der Waals surface area contributed by atoms with Crippen LogP contribution in [0.2, 0.25) is 9.36 Å². The molecule has 0 aliphatic carbocycles. The van der Waals surface area contributed by atoms with E-state index < -0.39 is 21.9 Å². The van der Waals surface area contributed by atoms with Crippen molar-refractivity contribution in [2.75, 3.05) is 7.05 Å². The van der Waals surface area contributed by atoms with E-state index in [1.54, 1.807) is 0 Å². The van der Waals surface area contributed by atoms with E-state index in [-0.39, 0.29) is 16.9 Å². The zero-order valence-corrected chi connectivity index (χ0v) is 15.8. The molecule has 0 aromatic rings. The molecule has 0 aliphatic heterocycles. The zero-order chi connectivity index (χ0) is 13.1. The summed E-state index contributed by atoms with van der Waals surface area (Å²) < 4.78 is 10.8. The van der Waals surface area contributed by atoms with Gasteiger partial charge in [-0.1, -0.05) is 0 Å². The monoisotopic (exact) mass is 329 g/mol. The van der Waals surface area contributed by atoms with Gasteiger partial charge in [0, 0.05) is 0 Å². The van der Waals surface area contributed by atoms with Gasteiger partial charge in [0.2, 0.25) is 0 Å². The fraction of sp³-hybridized carbons (Fsp3) is 0.923. The second-order valence-corrected chi connectivity index (χ2v) is 13.6. The van der Waals surface area contributed by atoms with Crippen LogP contribution < -0.4 is 0 Å². The van der Waals surface area contributed by atoms with E-state index in [1.165, 1.54) is 5.71 Å². The molecule has 0 N–H and O–H groups in total. The van der Waals surface area contributed by atoms with Gasteiger partial charge < -0.3 is 0 Å². The fourth-order valence-corrected chi connectivity index (χ4v) is 4.88. The molecule has 0 saturated carbocycles. The Hall–Kier alpha value is 0.500. The van der Waals surface area contributed by atoms with E-state index in [9.17, 15) is 0 Å². The molecule has 0 saturated heterocycles. The first kappa shape index (κ1) is 16.5. The molecule has 3 heteroatoms. The average molecular weight is 329 g/mol. The standard InChI is InChI=1S/C11H22NO.2CH3.In/c1-10(2,3)8(12-7)9(13)11(4,5)6;;;/h9H,1-7H3;2*1H3;/q-1;;;+1. The van der Waals surface area contributed by atoms with Gasteiger partial charge in [0.1, 0.15) is 0 Å². The van der Waals surface area contributed by atoms with Crippen LogP contribution in [0.4, 0.5) is 0 Å². The molecule has 0 fully saturated rings. The predicted molar refractivity (Wildman–Crippen MR) is 74.6 cm³/mol. The number of hydrogen-bond donors (Lipinski definition) is 0. The summed E-state index contributed by atoms with van der Waals surface area (Å²) in [5.41, 5.74) is 1.42. The van der Waals surface area contributed by atoms with Crippen molar-refractivity contribution in [2.45, 2.75) is 57.0 Å². The van der Waals surface area contributed by atoms with Gasteiger partial charge >= 0.3 is 110 Å². The molecule has 16 heavy (non-hydrogen) atoms. The van der Waals surface area contributed by atoms with Gasteiger partial charge in [-0.2, -0.15) is 0 Å². The van der Waals surface area contributed by atoms with Crippen molar-refractivity contribution < 1.29 is 2.85 Å². The van der Waals surface area contributed by atoms with E-state index in [4.69, 9.17) is 2.85 Å². The number of hydrogen-bond acceptors (Lipinski definition) is 2. The average Bonchev–Trinajstić information content (AvgIpc) is 1.98. The second kappa shape index (κ2) is 5.90. The minimum atomic E-state index is -1.70. The fourth-order valence-electron chi connectivity index (χ4n) is 1.80. The van der Waals surface area contributed by atoms with E-state index in [0.29, 0.717) is 0 Å². The normalized spacial score (nSPS) is 16.2. The molecular weight excluding hydrogens is 301 g/mol. The van der Waals surface area contributed by atoms with Crippen LogP contribution in [0.3, 0.4) is 0 Å². The first-order valence-corrected chi connectivity index (χ1v) is 14.1. The van der Waals surface area contributed by atoms with E-state index >= 15 is 0 Å². The summed E-state index contributed by atoms with van der Waals surface area (Å²) in [6.45, 7) is 13.4. The third-order valence-corrected chi connectivity index (χ3v) is 4.78. The number of rotatable bonds is 3. The molecule has 0 amide bonds. The summed E-state index contributed by atoms with van der Waals surface area (Å²) >= 11 is -1.70. The van der Waals surface area contributed by atoms with Crippen molar-refractivity contribution in [3.8, 4) is 0 Å². The Morgan fingerprint density at radius 3 is 1.69 bits per heavy atom. The molecule has 2 nitrogen and oxygen atoms in total. The summed E-state index contributed by atoms with van der Waals surface area (Å²) in [6.07, 6.45) is 0.174. The third-order valence-electron chi connectivity index (χ3n) is 2.45. The SMILES string of the molecule is CN=C(C([O][In]([CH3])[CH3])C(C)(C)C)C(C)(C)C. The topological polar surface area (TPSA) is 21.6 Å². The Kier molecular flexibility index (Phi) is 6.09. The van der Waals surface area contributed by atoms with Crippen LogP contribution in [-0.2, 0) is 2.85 Å². The molecule has 0 aliphatic rings. The third kappa shape index (κ3) is 5.22. The quantitative estimate of drug-likeness (QED) is 0.722. The number of aliphatic imine (C=N–C) groups is 1. The molecule has 0 aromatic carbocycles. The summed E-state index contributed by atoms with van der Waals surface area (Å²) in [5.74, 6) is 0. The Morgan fingerprint density at radius 2 is 1.50 bits per heavy atom. The first-order chi connectivity index (χ1) is 7.00. The molecule has 0 bridgehead atoms. The van der Waals surface area contributed by atoms with Gasteiger partial charge in [-0.25, -0.2) is 0 Å². The van der Waals surface area contributed by atoms with Crippen LogP contribution in [0.15, 0.2) is 4.99 Å². The van der Waals surface area contributed by atoms with Crippen LogP contribution in [0.1, 0.15) is 41.5 Å². The Labute approximate surface area is 110 Å². The molecule has 94 valence electrons. The van der Waals surface area contributed by atoms with Crippen LogP contribution in [0.5, 0.6) is 0 Å². The molecule has 0 radical (unpaired) electrons. The van der Waals surface area contributed by atoms with Gasteiger partial charge in [-0.15, -0.1) is 0 Å². The van der Waals surface area contributed by atoms with Crippen molar-refractivity contribution in [1.82, 2.24) is 0 Å². The van der Waals surface area contributed by atoms with Gasteiger partial charge in [-0.05, 0) is 0 Å². The number of nitrogens with zero attached hydrogens (tertiary/aromatic N) is 1. The summed E-state index contributed by atoms with van der Waals surface area (Å²) in [7, 11) is 1.89. The van der Waals surface area contributed by atoms with E-state index in [2.05, 4.69) is 55.9 Å². The van der Waals surface area contributed by atoms with Crippen molar-refractivity contribution in [3.05, 3.63) is 0 Å². The van der Waals surface area contributed by atoms with Crippen LogP contribution in [0, 0.1) is 10.8 Å². The van der Waals surface area contributed by atoms with Crippen molar-refractivity contribution in [1.29, 1.82) is 0 Å². The first-order valence-electron chi connectivity index (χ1n) is 6.12. The summed E-state index contributed by atoms with van der Waals surface area (Å²) in [4.78, 5) is 4.50. The molecule has 1 atom stereocenters.